The van der Waals surface area contributed by atoms with Gasteiger partial charge in [-0.15, -0.1) is 11.6 Å². The number of benzene rings is 1. The molecule has 1 heterocycles. The van der Waals surface area contributed by atoms with Gasteiger partial charge in [-0.3, -0.25) is 0 Å². The van der Waals surface area contributed by atoms with Crippen LogP contribution in [0.25, 0.3) is 11.0 Å². The van der Waals surface area contributed by atoms with Crippen LogP contribution < -0.4 is 0 Å². The molecule has 0 aliphatic rings. The molecule has 13 heavy (non-hydrogen) atoms. The minimum Gasteiger partial charge on any atom is -0.387 e. The van der Waals surface area contributed by atoms with Gasteiger partial charge in [-0.2, -0.15) is 0 Å². The summed E-state index contributed by atoms with van der Waals surface area (Å²) < 4.78 is 4.52. The Morgan fingerprint density at radius 2 is 2.15 bits per heavy atom. The SMILES string of the molecule is OC(CCl)c1ccc2nonc2c1. The van der Waals surface area contributed by atoms with Gasteiger partial charge < -0.3 is 5.11 Å². The van der Waals surface area contributed by atoms with Crippen molar-refractivity contribution in [1.29, 1.82) is 0 Å². The van der Waals surface area contributed by atoms with E-state index in [1.54, 1.807) is 18.2 Å². The van der Waals surface area contributed by atoms with Gasteiger partial charge in [0.05, 0.1) is 12.0 Å². The Labute approximate surface area is 79.1 Å². The van der Waals surface area contributed by atoms with Crippen LogP contribution in [0.15, 0.2) is 22.8 Å². The van der Waals surface area contributed by atoms with E-state index in [2.05, 4.69) is 14.9 Å². The lowest BCUT2D eigenvalue weighted by Crippen LogP contribution is -1.97. The molecule has 2 aromatic rings. The van der Waals surface area contributed by atoms with Gasteiger partial charge in [-0.25, -0.2) is 4.63 Å². The molecule has 0 fully saturated rings. The van der Waals surface area contributed by atoms with Gasteiger partial charge in [0.25, 0.3) is 0 Å². The van der Waals surface area contributed by atoms with E-state index in [1.165, 1.54) is 0 Å². The average Bonchev–Trinajstić information content (AvgIpc) is 2.63. The van der Waals surface area contributed by atoms with Crippen LogP contribution in [0.3, 0.4) is 0 Å². The highest BCUT2D eigenvalue weighted by molar-refractivity contribution is 6.18. The maximum atomic E-state index is 9.42. The quantitative estimate of drug-likeness (QED) is 0.743. The summed E-state index contributed by atoms with van der Waals surface area (Å²) in [6.45, 7) is 0. The number of nitrogens with zero attached hydrogens (tertiary/aromatic N) is 2. The Bertz CT molecular complexity index is 415. The van der Waals surface area contributed by atoms with E-state index in [9.17, 15) is 5.11 Å². The van der Waals surface area contributed by atoms with Crippen molar-refractivity contribution < 1.29 is 9.74 Å². The molecule has 0 bridgehead atoms. The molecule has 2 rings (SSSR count). The van der Waals surface area contributed by atoms with E-state index in [0.717, 1.165) is 5.56 Å². The van der Waals surface area contributed by atoms with Gasteiger partial charge in [0.15, 0.2) is 0 Å². The Hall–Kier alpha value is -1.13. The number of aliphatic hydroxyl groups excluding tert-OH is 1. The molecule has 0 radical (unpaired) electrons. The molecule has 0 saturated heterocycles. The lowest BCUT2D eigenvalue weighted by atomic mass is 10.1. The monoisotopic (exact) mass is 198 g/mol. The smallest absolute Gasteiger partial charge is 0.135 e. The van der Waals surface area contributed by atoms with Crippen LogP contribution in [-0.4, -0.2) is 21.3 Å². The van der Waals surface area contributed by atoms with Gasteiger partial charge >= 0.3 is 0 Å². The van der Waals surface area contributed by atoms with Crippen molar-refractivity contribution in [2.75, 3.05) is 5.88 Å². The molecule has 0 spiro atoms. The van der Waals surface area contributed by atoms with Gasteiger partial charge in [-0.1, -0.05) is 6.07 Å². The molecule has 0 aliphatic carbocycles. The topological polar surface area (TPSA) is 59.2 Å². The third kappa shape index (κ3) is 1.50. The molecule has 4 nitrogen and oxygen atoms in total. The molecular formula is C8H7ClN2O2. The normalized spacial score (nSPS) is 13.4. The van der Waals surface area contributed by atoms with Crippen molar-refractivity contribution in [2.24, 2.45) is 0 Å². The molecule has 1 aromatic carbocycles. The minimum atomic E-state index is -0.664. The number of alkyl halides is 1. The lowest BCUT2D eigenvalue weighted by molar-refractivity contribution is 0.203. The summed E-state index contributed by atoms with van der Waals surface area (Å²) in [5, 5.41) is 16.7. The maximum absolute atomic E-state index is 9.42. The largest absolute Gasteiger partial charge is 0.387 e. The van der Waals surface area contributed by atoms with Gasteiger partial charge in [0.2, 0.25) is 0 Å². The summed E-state index contributed by atoms with van der Waals surface area (Å²) in [7, 11) is 0. The Kier molecular flexibility index (Phi) is 2.16. The number of aromatic nitrogens is 2. The fourth-order valence-electron chi connectivity index (χ4n) is 1.10. The zero-order valence-electron chi connectivity index (χ0n) is 6.64. The molecule has 68 valence electrons. The van der Waals surface area contributed by atoms with Crippen LogP contribution in [-0.2, 0) is 0 Å². The van der Waals surface area contributed by atoms with Crippen LogP contribution in [0.5, 0.6) is 0 Å². The molecule has 0 aliphatic heterocycles. The maximum Gasteiger partial charge on any atom is 0.135 e. The fourth-order valence-corrected chi connectivity index (χ4v) is 1.27. The number of fused-ring (bicyclic) bond motifs is 1. The molecular weight excluding hydrogens is 192 g/mol. The van der Waals surface area contributed by atoms with Crippen LogP contribution in [0.4, 0.5) is 0 Å². The van der Waals surface area contributed by atoms with E-state index >= 15 is 0 Å². The molecule has 0 amide bonds. The number of hydrogen-bond acceptors (Lipinski definition) is 4. The van der Waals surface area contributed by atoms with Gasteiger partial charge in [0.1, 0.15) is 11.0 Å². The zero-order chi connectivity index (χ0) is 9.26. The third-order valence-corrected chi connectivity index (χ3v) is 2.10. The van der Waals surface area contributed by atoms with Gasteiger partial charge in [-0.05, 0) is 28.0 Å². The highest BCUT2D eigenvalue weighted by Gasteiger charge is 2.08. The highest BCUT2D eigenvalue weighted by atomic mass is 35.5. The number of hydrogen-bond donors (Lipinski definition) is 1. The van der Waals surface area contributed by atoms with Crippen LogP contribution in [0.2, 0.25) is 0 Å². The molecule has 1 atom stereocenters. The van der Waals surface area contributed by atoms with Crippen molar-refractivity contribution in [3.8, 4) is 0 Å². The van der Waals surface area contributed by atoms with Crippen molar-refractivity contribution in [2.45, 2.75) is 6.10 Å². The lowest BCUT2D eigenvalue weighted by Gasteiger charge is -2.04. The van der Waals surface area contributed by atoms with E-state index < -0.39 is 6.10 Å². The average molecular weight is 199 g/mol. The second-order valence-electron chi connectivity index (χ2n) is 2.68. The summed E-state index contributed by atoms with van der Waals surface area (Å²) in [6.07, 6.45) is -0.664. The second-order valence-corrected chi connectivity index (χ2v) is 2.99. The first-order valence-electron chi connectivity index (χ1n) is 3.77. The first kappa shape index (κ1) is 8.47. The highest BCUT2D eigenvalue weighted by Crippen LogP contribution is 2.18. The van der Waals surface area contributed by atoms with E-state index in [1.807, 2.05) is 0 Å². The fraction of sp³-hybridized carbons (Fsp3) is 0.250. The van der Waals surface area contributed by atoms with Crippen molar-refractivity contribution in [3.05, 3.63) is 23.8 Å². The predicted molar refractivity (Wildman–Crippen MR) is 47.5 cm³/mol. The van der Waals surface area contributed by atoms with Crippen molar-refractivity contribution >= 4 is 22.6 Å². The Morgan fingerprint density at radius 3 is 2.92 bits per heavy atom. The zero-order valence-corrected chi connectivity index (χ0v) is 7.40. The van der Waals surface area contributed by atoms with Crippen LogP contribution in [0.1, 0.15) is 11.7 Å². The Morgan fingerprint density at radius 1 is 1.38 bits per heavy atom. The molecule has 0 saturated carbocycles. The minimum absolute atomic E-state index is 0.163. The first-order chi connectivity index (χ1) is 6.31. The summed E-state index contributed by atoms with van der Waals surface area (Å²) in [4.78, 5) is 0. The third-order valence-electron chi connectivity index (χ3n) is 1.81. The summed E-state index contributed by atoms with van der Waals surface area (Å²) in [6, 6.07) is 5.19. The second kappa shape index (κ2) is 3.32. The molecule has 1 unspecified atom stereocenters. The number of halogens is 1. The standard InChI is InChI=1S/C8H7ClN2O2/c9-4-8(12)5-1-2-6-7(3-5)11-13-10-6/h1-3,8,12H,4H2. The first-order valence-corrected chi connectivity index (χ1v) is 4.31. The van der Waals surface area contributed by atoms with Gasteiger partial charge in [0, 0.05) is 0 Å². The van der Waals surface area contributed by atoms with Crippen LogP contribution >= 0.6 is 11.6 Å². The van der Waals surface area contributed by atoms with E-state index in [0.29, 0.717) is 11.0 Å². The van der Waals surface area contributed by atoms with Crippen LogP contribution in [0, 0.1) is 0 Å². The Balaban J connectivity index is 2.48. The summed E-state index contributed by atoms with van der Waals surface area (Å²) in [5.74, 6) is 0.163. The molecule has 1 N–H and O–H groups in total. The predicted octanol–water partition coefficient (Wildman–Crippen LogP) is 1.49. The van der Waals surface area contributed by atoms with E-state index in [4.69, 9.17) is 11.6 Å². The molecule has 5 heteroatoms. The number of rotatable bonds is 2. The van der Waals surface area contributed by atoms with Crippen molar-refractivity contribution in [3.63, 3.8) is 0 Å². The summed E-state index contributed by atoms with van der Waals surface area (Å²) in [5.41, 5.74) is 2.02. The number of aliphatic hydroxyl groups is 1. The van der Waals surface area contributed by atoms with E-state index in [-0.39, 0.29) is 5.88 Å². The molecule has 1 aromatic heterocycles. The summed E-state index contributed by atoms with van der Waals surface area (Å²) >= 11 is 5.50. The van der Waals surface area contributed by atoms with Crippen molar-refractivity contribution in [1.82, 2.24) is 10.3 Å².